The van der Waals surface area contributed by atoms with Gasteiger partial charge in [0.1, 0.15) is 5.82 Å². The van der Waals surface area contributed by atoms with E-state index in [9.17, 15) is 4.79 Å². The van der Waals surface area contributed by atoms with E-state index in [0.29, 0.717) is 5.69 Å². The molecule has 0 fully saturated rings. The summed E-state index contributed by atoms with van der Waals surface area (Å²) in [5, 5.41) is 3.01. The number of carbonyl (C=O) groups excluding carboxylic acids is 1. The minimum absolute atomic E-state index is 0.0288. The topological polar surface area (TPSA) is 83.8 Å². The molecule has 1 heterocycles. The maximum atomic E-state index is 12.3. The van der Waals surface area contributed by atoms with Gasteiger partial charge in [-0.1, -0.05) is 19.1 Å². The van der Waals surface area contributed by atoms with E-state index in [-0.39, 0.29) is 17.9 Å². The van der Waals surface area contributed by atoms with Gasteiger partial charge in [0.15, 0.2) is 0 Å². The summed E-state index contributed by atoms with van der Waals surface area (Å²) < 4.78 is 0. The molecule has 20 heavy (non-hydrogen) atoms. The summed E-state index contributed by atoms with van der Waals surface area (Å²) in [7, 11) is 0. The molecule has 1 aromatic heterocycles. The first-order valence-corrected chi connectivity index (χ1v) is 6.77. The first kappa shape index (κ1) is 14.1. The molecule has 0 aliphatic carbocycles. The van der Waals surface area contributed by atoms with E-state index in [1.807, 2.05) is 38.1 Å². The number of rotatable bonds is 5. The second-order valence-electron chi connectivity index (χ2n) is 4.84. The van der Waals surface area contributed by atoms with Crippen LogP contribution >= 0.6 is 0 Å². The lowest BCUT2D eigenvalue weighted by Crippen LogP contribution is -2.32. The molecule has 0 aliphatic rings. The number of aromatic amines is 1. The summed E-state index contributed by atoms with van der Waals surface area (Å²) in [6.07, 6.45) is 4.22. The van der Waals surface area contributed by atoms with Crippen LogP contribution in [0, 0.1) is 0 Å². The van der Waals surface area contributed by atoms with Crippen molar-refractivity contribution >= 4 is 11.6 Å². The zero-order valence-electron chi connectivity index (χ0n) is 11.8. The molecule has 2 rings (SSSR count). The van der Waals surface area contributed by atoms with Crippen molar-refractivity contribution in [2.45, 2.75) is 32.2 Å². The number of hydrogen-bond acceptors (Lipinski definition) is 3. The van der Waals surface area contributed by atoms with E-state index in [1.165, 1.54) is 0 Å². The number of H-pyrrole nitrogens is 1. The molecule has 5 heteroatoms. The largest absolute Gasteiger partial charge is 0.399 e. The van der Waals surface area contributed by atoms with Gasteiger partial charge in [0.2, 0.25) is 5.91 Å². The zero-order chi connectivity index (χ0) is 14.5. The molecular formula is C15H20N4O. The van der Waals surface area contributed by atoms with Crippen LogP contribution in [0.2, 0.25) is 0 Å². The summed E-state index contributed by atoms with van der Waals surface area (Å²) in [4.78, 5) is 19.6. The highest BCUT2D eigenvalue weighted by molar-refractivity contribution is 5.83. The van der Waals surface area contributed by atoms with Crippen LogP contribution in [0.25, 0.3) is 0 Å². The number of hydrogen-bond donors (Lipinski definition) is 3. The van der Waals surface area contributed by atoms with Crippen LogP contribution in [0.5, 0.6) is 0 Å². The average Bonchev–Trinajstić information content (AvgIpc) is 2.97. The Morgan fingerprint density at radius 1 is 1.50 bits per heavy atom. The monoisotopic (exact) mass is 272 g/mol. The smallest absolute Gasteiger partial charge is 0.227 e. The molecule has 1 aromatic carbocycles. The standard InChI is InChI=1S/C15H20N4O/c1-3-13(14-17-7-8-18-14)19-15(20)10(2)11-5-4-6-12(16)9-11/h4-10,13H,3,16H2,1-2H3,(H,17,18)(H,19,20). The van der Waals surface area contributed by atoms with E-state index in [1.54, 1.807) is 12.4 Å². The Kier molecular flexibility index (Phi) is 4.40. The van der Waals surface area contributed by atoms with Gasteiger partial charge in [-0.2, -0.15) is 0 Å². The van der Waals surface area contributed by atoms with E-state index in [2.05, 4.69) is 15.3 Å². The number of amides is 1. The highest BCUT2D eigenvalue weighted by atomic mass is 16.1. The average molecular weight is 272 g/mol. The van der Waals surface area contributed by atoms with Gasteiger partial charge in [0, 0.05) is 18.1 Å². The normalized spacial score (nSPS) is 13.7. The lowest BCUT2D eigenvalue weighted by molar-refractivity contribution is -0.123. The molecule has 0 bridgehead atoms. The molecule has 106 valence electrons. The highest BCUT2D eigenvalue weighted by Crippen LogP contribution is 2.20. The molecule has 5 nitrogen and oxygen atoms in total. The lowest BCUT2D eigenvalue weighted by Gasteiger charge is -2.18. The fourth-order valence-electron chi connectivity index (χ4n) is 2.11. The second kappa shape index (κ2) is 6.23. The van der Waals surface area contributed by atoms with Gasteiger partial charge in [-0.05, 0) is 31.0 Å². The van der Waals surface area contributed by atoms with Crippen molar-refractivity contribution < 1.29 is 4.79 Å². The van der Waals surface area contributed by atoms with Crippen molar-refractivity contribution in [2.75, 3.05) is 5.73 Å². The summed E-state index contributed by atoms with van der Waals surface area (Å²) in [6, 6.07) is 7.32. The maximum Gasteiger partial charge on any atom is 0.227 e. The molecule has 0 saturated heterocycles. The predicted octanol–water partition coefficient (Wildman–Crippen LogP) is 2.36. The zero-order valence-corrected chi connectivity index (χ0v) is 11.8. The van der Waals surface area contributed by atoms with Crippen molar-refractivity contribution in [3.63, 3.8) is 0 Å². The fourth-order valence-corrected chi connectivity index (χ4v) is 2.11. The van der Waals surface area contributed by atoms with Gasteiger partial charge in [-0.15, -0.1) is 0 Å². The summed E-state index contributed by atoms with van der Waals surface area (Å²) in [5.74, 6) is 0.502. The molecule has 4 N–H and O–H groups in total. The predicted molar refractivity (Wildman–Crippen MR) is 79.0 cm³/mol. The number of carbonyl (C=O) groups is 1. The second-order valence-corrected chi connectivity index (χ2v) is 4.84. The molecule has 2 unspecified atom stereocenters. The fraction of sp³-hybridized carbons (Fsp3) is 0.333. The molecule has 0 saturated carbocycles. The Balaban J connectivity index is 2.07. The van der Waals surface area contributed by atoms with Crippen molar-refractivity contribution in [1.29, 1.82) is 0 Å². The number of aromatic nitrogens is 2. The molecular weight excluding hydrogens is 252 g/mol. The number of anilines is 1. The Morgan fingerprint density at radius 3 is 2.90 bits per heavy atom. The van der Waals surface area contributed by atoms with Gasteiger partial charge in [-0.25, -0.2) is 4.98 Å². The van der Waals surface area contributed by atoms with Crippen molar-refractivity contribution in [3.8, 4) is 0 Å². The minimum atomic E-state index is -0.248. The van der Waals surface area contributed by atoms with Gasteiger partial charge in [0.25, 0.3) is 0 Å². The van der Waals surface area contributed by atoms with E-state index in [4.69, 9.17) is 5.73 Å². The summed E-state index contributed by atoms with van der Waals surface area (Å²) in [6.45, 7) is 3.89. The number of nitrogen functional groups attached to an aromatic ring is 1. The van der Waals surface area contributed by atoms with Crippen molar-refractivity contribution in [2.24, 2.45) is 0 Å². The van der Waals surface area contributed by atoms with Crippen LogP contribution in [-0.2, 0) is 4.79 Å². The molecule has 0 radical (unpaired) electrons. The van der Waals surface area contributed by atoms with Crippen molar-refractivity contribution in [1.82, 2.24) is 15.3 Å². The molecule has 2 aromatic rings. The minimum Gasteiger partial charge on any atom is -0.399 e. The van der Waals surface area contributed by atoms with E-state index < -0.39 is 0 Å². The quantitative estimate of drug-likeness (QED) is 0.731. The first-order valence-electron chi connectivity index (χ1n) is 6.77. The number of nitrogens with one attached hydrogen (secondary N) is 2. The van der Waals surface area contributed by atoms with Crippen LogP contribution in [0.3, 0.4) is 0 Å². The third kappa shape index (κ3) is 3.17. The first-order chi connectivity index (χ1) is 9.61. The summed E-state index contributed by atoms with van der Waals surface area (Å²) >= 11 is 0. The van der Waals surface area contributed by atoms with Crippen LogP contribution in [0.1, 0.15) is 43.6 Å². The molecule has 0 spiro atoms. The van der Waals surface area contributed by atoms with Gasteiger partial charge in [0.05, 0.1) is 12.0 Å². The third-order valence-electron chi connectivity index (χ3n) is 3.38. The Morgan fingerprint density at radius 2 is 2.30 bits per heavy atom. The SMILES string of the molecule is CCC(NC(=O)C(C)c1cccc(N)c1)c1ncc[nH]1. The highest BCUT2D eigenvalue weighted by Gasteiger charge is 2.20. The molecule has 1 amide bonds. The number of benzene rings is 1. The van der Waals surface area contributed by atoms with Crippen LogP contribution in [0.15, 0.2) is 36.7 Å². The van der Waals surface area contributed by atoms with Crippen LogP contribution in [0.4, 0.5) is 5.69 Å². The number of nitrogens with two attached hydrogens (primary N) is 1. The maximum absolute atomic E-state index is 12.3. The third-order valence-corrected chi connectivity index (χ3v) is 3.38. The van der Waals surface area contributed by atoms with Gasteiger partial charge < -0.3 is 16.0 Å². The summed E-state index contributed by atoms with van der Waals surface area (Å²) in [5.41, 5.74) is 7.34. The van der Waals surface area contributed by atoms with E-state index in [0.717, 1.165) is 17.8 Å². The van der Waals surface area contributed by atoms with Gasteiger partial charge in [-0.3, -0.25) is 4.79 Å². The van der Waals surface area contributed by atoms with E-state index >= 15 is 0 Å². The van der Waals surface area contributed by atoms with Crippen LogP contribution < -0.4 is 11.1 Å². The Bertz CT molecular complexity index is 565. The number of nitrogens with zero attached hydrogens (tertiary/aromatic N) is 1. The Hall–Kier alpha value is -2.30. The Labute approximate surface area is 118 Å². The van der Waals surface area contributed by atoms with Gasteiger partial charge >= 0.3 is 0 Å². The van der Waals surface area contributed by atoms with Crippen molar-refractivity contribution in [3.05, 3.63) is 48.0 Å². The number of imidazole rings is 1. The molecule has 2 atom stereocenters. The lowest BCUT2D eigenvalue weighted by atomic mass is 9.99. The molecule has 0 aliphatic heterocycles. The van der Waals surface area contributed by atoms with Crippen LogP contribution in [-0.4, -0.2) is 15.9 Å².